The molecule has 0 unspecified atom stereocenters. The van der Waals surface area contributed by atoms with Gasteiger partial charge in [-0.15, -0.1) is 0 Å². The van der Waals surface area contributed by atoms with Gasteiger partial charge in [0.05, 0.1) is 22.1 Å². The third-order valence-corrected chi connectivity index (χ3v) is 5.08. The van der Waals surface area contributed by atoms with Crippen molar-refractivity contribution in [1.82, 2.24) is 0 Å². The van der Waals surface area contributed by atoms with Crippen molar-refractivity contribution in [3.05, 3.63) is 95.6 Å². The van der Waals surface area contributed by atoms with Crippen molar-refractivity contribution >= 4 is 22.4 Å². The number of halogens is 2. The standard InChI is InChI=1S/C20H15F2NO2S/c21-15-8-11-18(19(22)12-15)20(24)23-16-9-6-14(7-10-16)13-26(25)17-4-2-1-3-5-17/h1-12H,13H2,(H,23,24)/t26-/m1/s1. The van der Waals surface area contributed by atoms with Crippen LogP contribution in [0, 0.1) is 11.6 Å². The number of hydrogen-bond donors (Lipinski definition) is 1. The van der Waals surface area contributed by atoms with Gasteiger partial charge in [0, 0.05) is 16.6 Å². The van der Waals surface area contributed by atoms with E-state index in [4.69, 9.17) is 0 Å². The third kappa shape index (κ3) is 4.40. The summed E-state index contributed by atoms with van der Waals surface area (Å²) in [5.41, 5.74) is 1.08. The number of anilines is 1. The van der Waals surface area contributed by atoms with Gasteiger partial charge in [-0.1, -0.05) is 30.3 Å². The SMILES string of the molecule is O=C(Nc1ccc(C[S@@](=O)c2ccccc2)cc1)c1ccc(F)cc1F. The van der Waals surface area contributed by atoms with E-state index >= 15 is 0 Å². The fourth-order valence-corrected chi connectivity index (χ4v) is 3.49. The molecule has 0 bridgehead atoms. The molecular formula is C20H15F2NO2S. The van der Waals surface area contributed by atoms with E-state index in [0.29, 0.717) is 17.5 Å². The second kappa shape index (κ2) is 8.01. The number of nitrogens with one attached hydrogen (secondary N) is 1. The van der Waals surface area contributed by atoms with E-state index in [0.717, 1.165) is 22.6 Å². The molecule has 0 fully saturated rings. The van der Waals surface area contributed by atoms with Gasteiger partial charge in [-0.3, -0.25) is 9.00 Å². The first kappa shape index (κ1) is 17.9. The molecule has 0 aliphatic rings. The highest BCUT2D eigenvalue weighted by Gasteiger charge is 2.13. The molecular weight excluding hydrogens is 356 g/mol. The van der Waals surface area contributed by atoms with Crippen LogP contribution in [0.3, 0.4) is 0 Å². The molecule has 132 valence electrons. The van der Waals surface area contributed by atoms with Gasteiger partial charge in [0.1, 0.15) is 11.6 Å². The quantitative estimate of drug-likeness (QED) is 0.716. The van der Waals surface area contributed by atoms with Gasteiger partial charge < -0.3 is 5.32 Å². The summed E-state index contributed by atoms with van der Waals surface area (Å²) in [6, 6.07) is 18.7. The normalized spacial score (nSPS) is 11.8. The van der Waals surface area contributed by atoms with E-state index in [1.165, 1.54) is 0 Å². The van der Waals surface area contributed by atoms with E-state index in [2.05, 4.69) is 5.32 Å². The summed E-state index contributed by atoms with van der Waals surface area (Å²) >= 11 is 0. The summed E-state index contributed by atoms with van der Waals surface area (Å²) < 4.78 is 38.8. The average molecular weight is 371 g/mol. The van der Waals surface area contributed by atoms with Gasteiger partial charge in [0.15, 0.2) is 0 Å². The van der Waals surface area contributed by atoms with Crippen LogP contribution in [0.15, 0.2) is 77.7 Å². The number of benzene rings is 3. The number of carbonyl (C=O) groups is 1. The summed E-state index contributed by atoms with van der Waals surface area (Å²) in [4.78, 5) is 12.8. The van der Waals surface area contributed by atoms with Gasteiger partial charge in [-0.2, -0.15) is 0 Å². The lowest BCUT2D eigenvalue weighted by Crippen LogP contribution is -2.14. The Kier molecular flexibility index (Phi) is 5.53. The van der Waals surface area contributed by atoms with Crippen LogP contribution in [0.25, 0.3) is 0 Å². The maximum atomic E-state index is 13.6. The average Bonchev–Trinajstić information content (AvgIpc) is 2.64. The number of carbonyl (C=O) groups excluding carboxylic acids is 1. The molecule has 0 heterocycles. The first-order chi connectivity index (χ1) is 12.5. The summed E-state index contributed by atoms with van der Waals surface area (Å²) in [6.45, 7) is 0. The van der Waals surface area contributed by atoms with Crippen molar-refractivity contribution in [3.8, 4) is 0 Å². The molecule has 0 aliphatic heterocycles. The molecule has 26 heavy (non-hydrogen) atoms. The van der Waals surface area contributed by atoms with E-state index in [1.54, 1.807) is 24.3 Å². The Hall–Kier alpha value is -2.86. The Bertz CT molecular complexity index is 944. The second-order valence-electron chi connectivity index (χ2n) is 5.58. The highest BCUT2D eigenvalue weighted by molar-refractivity contribution is 7.84. The molecule has 0 saturated carbocycles. The van der Waals surface area contributed by atoms with Crippen LogP contribution in [0.5, 0.6) is 0 Å². The minimum atomic E-state index is -1.16. The van der Waals surface area contributed by atoms with Crippen molar-refractivity contribution in [2.24, 2.45) is 0 Å². The predicted octanol–water partition coefficient (Wildman–Crippen LogP) is 4.52. The van der Waals surface area contributed by atoms with E-state index in [1.807, 2.05) is 30.3 Å². The molecule has 0 saturated heterocycles. The zero-order chi connectivity index (χ0) is 18.5. The molecule has 1 amide bonds. The largest absolute Gasteiger partial charge is 0.322 e. The molecule has 0 aliphatic carbocycles. The minimum Gasteiger partial charge on any atom is -0.322 e. The van der Waals surface area contributed by atoms with Gasteiger partial charge in [-0.25, -0.2) is 8.78 Å². The number of amides is 1. The fourth-order valence-electron chi connectivity index (χ4n) is 2.36. The van der Waals surface area contributed by atoms with E-state index in [-0.39, 0.29) is 5.56 Å². The van der Waals surface area contributed by atoms with Crippen molar-refractivity contribution in [1.29, 1.82) is 0 Å². The van der Waals surface area contributed by atoms with Crippen molar-refractivity contribution in [2.45, 2.75) is 10.6 Å². The van der Waals surface area contributed by atoms with Crippen LogP contribution in [0.4, 0.5) is 14.5 Å². The van der Waals surface area contributed by atoms with E-state index < -0.39 is 28.3 Å². The Balaban J connectivity index is 1.66. The second-order valence-corrected chi connectivity index (χ2v) is 7.03. The Morgan fingerprint density at radius 1 is 0.923 bits per heavy atom. The smallest absolute Gasteiger partial charge is 0.258 e. The monoisotopic (exact) mass is 371 g/mol. The minimum absolute atomic E-state index is 0.236. The zero-order valence-electron chi connectivity index (χ0n) is 13.6. The number of hydrogen-bond acceptors (Lipinski definition) is 2. The first-order valence-corrected chi connectivity index (χ1v) is 9.13. The lowest BCUT2D eigenvalue weighted by Gasteiger charge is -2.08. The molecule has 0 radical (unpaired) electrons. The zero-order valence-corrected chi connectivity index (χ0v) is 14.4. The van der Waals surface area contributed by atoms with Gasteiger partial charge >= 0.3 is 0 Å². The fraction of sp³-hybridized carbons (Fsp3) is 0.0500. The van der Waals surface area contributed by atoms with E-state index in [9.17, 15) is 17.8 Å². The number of rotatable bonds is 5. The maximum Gasteiger partial charge on any atom is 0.258 e. The van der Waals surface area contributed by atoms with Crippen LogP contribution in [-0.2, 0) is 16.6 Å². The summed E-state index contributed by atoms with van der Waals surface area (Å²) in [6.07, 6.45) is 0. The highest BCUT2D eigenvalue weighted by atomic mass is 32.2. The van der Waals surface area contributed by atoms with Crippen LogP contribution >= 0.6 is 0 Å². The molecule has 1 atom stereocenters. The summed E-state index contributed by atoms with van der Waals surface area (Å²) in [5.74, 6) is -1.97. The molecule has 3 rings (SSSR count). The third-order valence-electron chi connectivity index (χ3n) is 3.69. The lowest BCUT2D eigenvalue weighted by molar-refractivity contribution is 0.102. The van der Waals surface area contributed by atoms with Crippen LogP contribution < -0.4 is 5.32 Å². The summed E-state index contributed by atoms with van der Waals surface area (Å²) in [5, 5.41) is 2.55. The Morgan fingerprint density at radius 3 is 2.27 bits per heavy atom. The van der Waals surface area contributed by atoms with Gasteiger partial charge in [-0.05, 0) is 42.0 Å². The Morgan fingerprint density at radius 2 is 1.62 bits per heavy atom. The summed E-state index contributed by atoms with van der Waals surface area (Å²) in [7, 11) is -1.16. The van der Waals surface area contributed by atoms with Crippen molar-refractivity contribution in [3.63, 3.8) is 0 Å². The molecule has 3 aromatic rings. The highest BCUT2D eigenvalue weighted by Crippen LogP contribution is 2.17. The molecule has 3 aromatic carbocycles. The molecule has 6 heteroatoms. The van der Waals surface area contributed by atoms with Crippen molar-refractivity contribution in [2.75, 3.05) is 5.32 Å². The maximum absolute atomic E-state index is 13.6. The molecule has 0 aromatic heterocycles. The molecule has 0 spiro atoms. The Labute approximate surface area is 152 Å². The first-order valence-electron chi connectivity index (χ1n) is 7.82. The molecule has 3 nitrogen and oxygen atoms in total. The van der Waals surface area contributed by atoms with Gasteiger partial charge in [0.25, 0.3) is 5.91 Å². The van der Waals surface area contributed by atoms with Crippen LogP contribution in [-0.4, -0.2) is 10.1 Å². The lowest BCUT2D eigenvalue weighted by atomic mass is 10.1. The predicted molar refractivity (Wildman–Crippen MR) is 97.3 cm³/mol. The van der Waals surface area contributed by atoms with Gasteiger partial charge in [0.2, 0.25) is 0 Å². The van der Waals surface area contributed by atoms with Crippen molar-refractivity contribution < 1.29 is 17.8 Å². The molecule has 1 N–H and O–H groups in total. The van der Waals surface area contributed by atoms with Crippen LogP contribution in [0.1, 0.15) is 15.9 Å². The topological polar surface area (TPSA) is 46.2 Å². The van der Waals surface area contributed by atoms with Crippen LogP contribution in [0.2, 0.25) is 0 Å².